The molecule has 6 rings (SSSR count). The molecule has 1 saturated carbocycles. The minimum absolute atomic E-state index is 0.105. The zero-order chi connectivity index (χ0) is 30.6. The molecule has 7 heteroatoms. The molecule has 2 heterocycles. The standard InChI is InChI=1S/C37H43Cl2NO4/c38-30-14-12-27(13-15-30)36(42)18-21-40(22-19-36)20-5-1-2-6-23-43-32-16-17-35-33(25-32)34(41)26-37(44-35,28-8-3-4-9-28)29-10-7-11-31(39)24-29/h7,10-17,24-25,28,42H,1-6,8-9,18-23,26H2. The van der Waals surface area contributed by atoms with E-state index in [2.05, 4.69) is 11.0 Å². The molecule has 0 radical (unpaired) electrons. The van der Waals surface area contributed by atoms with Crippen molar-refractivity contribution in [3.05, 3.63) is 93.5 Å². The Morgan fingerprint density at radius 1 is 0.864 bits per heavy atom. The fourth-order valence-electron chi connectivity index (χ4n) is 7.42. The van der Waals surface area contributed by atoms with Crippen molar-refractivity contribution in [2.24, 2.45) is 5.92 Å². The number of carbonyl (C=O) groups excluding carboxylic acids is 1. The van der Waals surface area contributed by atoms with E-state index in [4.69, 9.17) is 32.7 Å². The summed E-state index contributed by atoms with van der Waals surface area (Å²) in [5.41, 5.74) is 1.16. The largest absolute Gasteiger partial charge is 0.494 e. The van der Waals surface area contributed by atoms with Crippen molar-refractivity contribution in [3.8, 4) is 11.5 Å². The van der Waals surface area contributed by atoms with Crippen LogP contribution in [-0.2, 0) is 11.2 Å². The number of ketones is 1. The Kier molecular flexibility index (Phi) is 9.87. The third kappa shape index (κ3) is 6.97. The number of piperidine rings is 1. The molecule has 44 heavy (non-hydrogen) atoms. The molecule has 0 amide bonds. The lowest BCUT2D eigenvalue weighted by Crippen LogP contribution is -2.45. The number of likely N-dealkylation sites (tertiary alicyclic amines) is 1. The van der Waals surface area contributed by atoms with Gasteiger partial charge in [-0.25, -0.2) is 0 Å². The zero-order valence-corrected chi connectivity index (χ0v) is 26.9. The van der Waals surface area contributed by atoms with Gasteiger partial charge in [-0.15, -0.1) is 0 Å². The molecule has 2 fully saturated rings. The molecule has 234 valence electrons. The number of rotatable bonds is 11. The van der Waals surface area contributed by atoms with Gasteiger partial charge < -0.3 is 19.5 Å². The van der Waals surface area contributed by atoms with Crippen LogP contribution in [0.2, 0.25) is 10.0 Å². The van der Waals surface area contributed by atoms with Crippen LogP contribution in [0.25, 0.3) is 0 Å². The molecule has 3 aliphatic rings. The number of benzene rings is 3. The van der Waals surface area contributed by atoms with Gasteiger partial charge in [-0.3, -0.25) is 4.79 Å². The highest BCUT2D eigenvalue weighted by molar-refractivity contribution is 6.30. The molecule has 1 unspecified atom stereocenters. The molecule has 0 aromatic heterocycles. The Labute approximate surface area is 271 Å². The number of Topliss-reactive ketones (excluding diaryl/α,β-unsaturated/α-hetero) is 1. The summed E-state index contributed by atoms with van der Waals surface area (Å²) in [6.45, 7) is 3.50. The quantitative estimate of drug-likeness (QED) is 0.213. The fourth-order valence-corrected chi connectivity index (χ4v) is 7.73. The maximum absolute atomic E-state index is 13.6. The summed E-state index contributed by atoms with van der Waals surface area (Å²) >= 11 is 12.4. The summed E-state index contributed by atoms with van der Waals surface area (Å²) in [5, 5.41) is 12.5. The first-order valence-electron chi connectivity index (χ1n) is 16.3. The average Bonchev–Trinajstić information content (AvgIpc) is 3.58. The van der Waals surface area contributed by atoms with Gasteiger partial charge >= 0.3 is 0 Å². The Hall–Kier alpha value is -2.57. The van der Waals surface area contributed by atoms with Crippen LogP contribution < -0.4 is 9.47 Å². The Morgan fingerprint density at radius 3 is 2.36 bits per heavy atom. The van der Waals surface area contributed by atoms with Gasteiger partial charge in [0.25, 0.3) is 0 Å². The number of aliphatic hydroxyl groups is 1. The summed E-state index contributed by atoms with van der Waals surface area (Å²) in [6, 6.07) is 21.1. The second kappa shape index (κ2) is 13.8. The van der Waals surface area contributed by atoms with Gasteiger partial charge in [-0.1, -0.05) is 73.2 Å². The van der Waals surface area contributed by atoms with Crippen LogP contribution in [0.4, 0.5) is 0 Å². The van der Waals surface area contributed by atoms with Crippen LogP contribution >= 0.6 is 23.2 Å². The number of halogens is 2. The fraction of sp³-hybridized carbons (Fsp3) is 0.486. The predicted octanol–water partition coefficient (Wildman–Crippen LogP) is 8.97. The lowest BCUT2D eigenvalue weighted by Gasteiger charge is -2.43. The molecule has 3 aromatic carbocycles. The van der Waals surface area contributed by atoms with Gasteiger partial charge in [-0.2, -0.15) is 0 Å². The van der Waals surface area contributed by atoms with Crippen molar-refractivity contribution < 1.29 is 19.4 Å². The van der Waals surface area contributed by atoms with Gasteiger partial charge in [0.2, 0.25) is 0 Å². The molecule has 1 aliphatic carbocycles. The van der Waals surface area contributed by atoms with Gasteiger partial charge in [0.1, 0.15) is 17.1 Å². The van der Waals surface area contributed by atoms with Gasteiger partial charge in [0, 0.05) is 29.1 Å². The number of carbonyl (C=O) groups is 1. The van der Waals surface area contributed by atoms with E-state index in [0.29, 0.717) is 40.3 Å². The van der Waals surface area contributed by atoms with Crippen LogP contribution in [0.5, 0.6) is 11.5 Å². The summed E-state index contributed by atoms with van der Waals surface area (Å²) in [5.74, 6) is 1.76. The third-order valence-corrected chi connectivity index (χ3v) is 10.5. The molecular formula is C37H43Cl2NO4. The summed E-state index contributed by atoms with van der Waals surface area (Å²) in [4.78, 5) is 16.0. The van der Waals surface area contributed by atoms with Crippen LogP contribution in [-0.4, -0.2) is 42.0 Å². The Morgan fingerprint density at radius 2 is 1.61 bits per heavy atom. The zero-order valence-electron chi connectivity index (χ0n) is 25.4. The van der Waals surface area contributed by atoms with E-state index in [9.17, 15) is 9.90 Å². The normalized spacial score (nSPS) is 22.0. The van der Waals surface area contributed by atoms with Crippen LogP contribution in [0, 0.1) is 5.92 Å². The second-order valence-corrected chi connectivity index (χ2v) is 13.8. The monoisotopic (exact) mass is 635 g/mol. The van der Waals surface area contributed by atoms with Crippen molar-refractivity contribution in [3.63, 3.8) is 0 Å². The smallest absolute Gasteiger partial charge is 0.171 e. The van der Waals surface area contributed by atoms with E-state index in [1.54, 1.807) is 0 Å². The number of fused-ring (bicyclic) bond motifs is 1. The second-order valence-electron chi connectivity index (χ2n) is 12.9. The molecular weight excluding hydrogens is 593 g/mol. The number of ether oxygens (including phenoxy) is 2. The van der Waals surface area contributed by atoms with E-state index >= 15 is 0 Å². The molecule has 1 N–H and O–H groups in total. The Bertz CT molecular complexity index is 1430. The third-order valence-electron chi connectivity index (χ3n) is 10.00. The first-order chi connectivity index (χ1) is 21.3. The summed E-state index contributed by atoms with van der Waals surface area (Å²) < 4.78 is 12.8. The highest BCUT2D eigenvalue weighted by Crippen LogP contribution is 2.50. The van der Waals surface area contributed by atoms with E-state index in [-0.39, 0.29) is 5.78 Å². The molecule has 5 nitrogen and oxygen atoms in total. The predicted molar refractivity (Wildman–Crippen MR) is 176 cm³/mol. The van der Waals surface area contributed by atoms with Crippen molar-refractivity contribution in [2.75, 3.05) is 26.2 Å². The van der Waals surface area contributed by atoms with Gasteiger partial charge in [0.15, 0.2) is 5.78 Å². The maximum Gasteiger partial charge on any atom is 0.171 e. The molecule has 2 aliphatic heterocycles. The van der Waals surface area contributed by atoms with E-state index in [1.165, 1.54) is 0 Å². The summed E-state index contributed by atoms with van der Waals surface area (Å²) in [6.07, 6.45) is 10.6. The van der Waals surface area contributed by atoms with Crippen LogP contribution in [0.1, 0.15) is 92.1 Å². The number of hydrogen-bond donors (Lipinski definition) is 1. The van der Waals surface area contributed by atoms with Crippen molar-refractivity contribution in [2.45, 2.75) is 81.8 Å². The lowest BCUT2D eigenvalue weighted by molar-refractivity contribution is -0.0261. The SMILES string of the molecule is O=C1CC(c2cccc(Cl)c2)(C2CCCC2)Oc2ccc(OCCCCCCN3CCC(O)(c4ccc(Cl)cc4)CC3)cc21. The van der Waals surface area contributed by atoms with Gasteiger partial charge in [0.05, 0.1) is 24.2 Å². The first-order valence-corrected chi connectivity index (χ1v) is 17.1. The van der Waals surface area contributed by atoms with Crippen molar-refractivity contribution in [1.29, 1.82) is 0 Å². The van der Waals surface area contributed by atoms with Gasteiger partial charge in [-0.05, 0) is 98.7 Å². The first kappa shape index (κ1) is 31.4. The molecule has 3 aromatic rings. The highest BCUT2D eigenvalue weighted by Gasteiger charge is 2.49. The number of hydrogen-bond acceptors (Lipinski definition) is 5. The van der Waals surface area contributed by atoms with E-state index < -0.39 is 11.2 Å². The number of unbranched alkanes of at least 4 members (excludes halogenated alkanes) is 3. The van der Waals surface area contributed by atoms with E-state index in [1.807, 2.05) is 60.7 Å². The lowest BCUT2D eigenvalue weighted by atomic mass is 9.74. The highest BCUT2D eigenvalue weighted by atomic mass is 35.5. The van der Waals surface area contributed by atoms with Crippen LogP contribution in [0.3, 0.4) is 0 Å². The topological polar surface area (TPSA) is 59.0 Å². The average molecular weight is 637 g/mol. The molecule has 1 saturated heterocycles. The number of nitrogens with zero attached hydrogens (tertiary/aromatic N) is 1. The Balaban J connectivity index is 0.949. The minimum Gasteiger partial charge on any atom is -0.494 e. The summed E-state index contributed by atoms with van der Waals surface area (Å²) in [7, 11) is 0. The van der Waals surface area contributed by atoms with E-state index in [0.717, 1.165) is 101 Å². The van der Waals surface area contributed by atoms with Crippen LogP contribution in [0.15, 0.2) is 66.7 Å². The minimum atomic E-state index is -0.749. The maximum atomic E-state index is 13.6. The van der Waals surface area contributed by atoms with Crippen molar-refractivity contribution in [1.82, 2.24) is 4.90 Å². The molecule has 0 spiro atoms. The molecule has 0 bridgehead atoms. The molecule has 1 atom stereocenters. The van der Waals surface area contributed by atoms with Crippen molar-refractivity contribution >= 4 is 29.0 Å².